The smallest absolute Gasteiger partial charge is 0.271 e. The minimum Gasteiger partial charge on any atom is -0.340 e. The molecule has 0 aliphatic carbocycles. The Balaban J connectivity index is 1.80. The zero-order chi connectivity index (χ0) is 20.5. The van der Waals surface area contributed by atoms with E-state index >= 15 is 0 Å². The summed E-state index contributed by atoms with van der Waals surface area (Å²) in [6.07, 6.45) is 0. The SMILES string of the molecule is CN(c1ccccc1)C1(SCc2ccccc2)N(c2ccccc2)C(=O)C1(Cl)Cl. The molecule has 3 aromatic carbocycles. The predicted octanol–water partition coefficient (Wildman–Crippen LogP) is 5.93. The van der Waals surface area contributed by atoms with E-state index in [1.165, 1.54) is 0 Å². The molecule has 0 aromatic heterocycles. The first kappa shape index (κ1) is 20.1. The Bertz CT molecular complexity index is 986. The number of hydrogen-bond donors (Lipinski definition) is 0. The van der Waals surface area contributed by atoms with Crippen LogP contribution < -0.4 is 9.80 Å². The number of thioether (sulfide) groups is 1. The number of amides is 1. The summed E-state index contributed by atoms with van der Waals surface area (Å²) in [5.41, 5.74) is 2.82. The van der Waals surface area contributed by atoms with Crippen LogP contribution >= 0.6 is 35.0 Å². The molecule has 1 fully saturated rings. The maximum Gasteiger partial charge on any atom is 0.271 e. The van der Waals surface area contributed by atoms with Crippen LogP contribution in [-0.4, -0.2) is 22.3 Å². The molecule has 0 spiro atoms. The van der Waals surface area contributed by atoms with Crippen molar-refractivity contribution >= 4 is 52.2 Å². The molecule has 148 valence electrons. The van der Waals surface area contributed by atoms with Gasteiger partial charge in [0.1, 0.15) is 0 Å². The zero-order valence-corrected chi connectivity index (χ0v) is 18.2. The fourth-order valence-electron chi connectivity index (χ4n) is 3.57. The number of carbonyl (C=O) groups is 1. The normalized spacial score (nSPS) is 20.2. The van der Waals surface area contributed by atoms with Gasteiger partial charge in [-0.25, -0.2) is 0 Å². The fraction of sp³-hybridized carbons (Fsp3) is 0.174. The Morgan fingerprint density at radius 1 is 0.862 bits per heavy atom. The first-order chi connectivity index (χ1) is 14.0. The van der Waals surface area contributed by atoms with E-state index in [9.17, 15) is 4.79 Å². The molecule has 1 saturated heterocycles. The van der Waals surface area contributed by atoms with E-state index in [1.807, 2.05) is 90.8 Å². The second kappa shape index (κ2) is 7.94. The lowest BCUT2D eigenvalue weighted by atomic mass is 10.0. The largest absolute Gasteiger partial charge is 0.340 e. The van der Waals surface area contributed by atoms with Crippen LogP contribution in [0.2, 0.25) is 0 Å². The maximum atomic E-state index is 13.1. The van der Waals surface area contributed by atoms with Gasteiger partial charge < -0.3 is 4.90 Å². The van der Waals surface area contributed by atoms with E-state index in [-0.39, 0.29) is 5.91 Å². The number of alkyl halides is 2. The number of β-lactam (4-membered cyclic amide) rings is 1. The number of anilines is 2. The quantitative estimate of drug-likeness (QED) is 0.268. The van der Waals surface area contributed by atoms with Crippen molar-refractivity contribution in [2.75, 3.05) is 16.8 Å². The molecule has 1 heterocycles. The van der Waals surface area contributed by atoms with Crippen molar-refractivity contribution in [1.82, 2.24) is 0 Å². The third kappa shape index (κ3) is 3.29. The third-order valence-electron chi connectivity index (χ3n) is 5.08. The number of hydrogen-bond acceptors (Lipinski definition) is 3. The molecule has 1 unspecified atom stereocenters. The summed E-state index contributed by atoms with van der Waals surface area (Å²) in [5, 5.41) is 0. The summed E-state index contributed by atoms with van der Waals surface area (Å²) in [6.45, 7) is 0. The lowest BCUT2D eigenvalue weighted by Gasteiger charge is -2.62. The highest BCUT2D eigenvalue weighted by Gasteiger charge is 2.74. The molecule has 0 N–H and O–H groups in total. The van der Waals surface area contributed by atoms with Crippen molar-refractivity contribution < 1.29 is 4.79 Å². The molecule has 6 heteroatoms. The zero-order valence-electron chi connectivity index (χ0n) is 15.8. The summed E-state index contributed by atoms with van der Waals surface area (Å²) in [4.78, 5) is 15.8. The second-order valence-corrected chi connectivity index (χ2v) is 9.30. The molecule has 1 amide bonds. The summed E-state index contributed by atoms with van der Waals surface area (Å²) in [7, 11) is 1.93. The second-order valence-electron chi connectivity index (χ2n) is 6.83. The van der Waals surface area contributed by atoms with Crippen LogP contribution in [0.1, 0.15) is 5.56 Å². The Morgan fingerprint density at radius 2 is 1.38 bits per heavy atom. The molecule has 1 aliphatic heterocycles. The lowest BCUT2D eigenvalue weighted by Crippen LogP contribution is -2.82. The number of carbonyl (C=O) groups excluding carboxylic acids is 1. The lowest BCUT2D eigenvalue weighted by molar-refractivity contribution is -0.126. The van der Waals surface area contributed by atoms with Gasteiger partial charge >= 0.3 is 0 Å². The molecule has 0 bridgehead atoms. The average molecular weight is 443 g/mol. The molecule has 0 radical (unpaired) electrons. The fourth-order valence-corrected chi connectivity index (χ4v) is 5.94. The Kier molecular flexibility index (Phi) is 5.52. The highest BCUT2D eigenvalue weighted by atomic mass is 35.5. The highest BCUT2D eigenvalue weighted by Crippen LogP contribution is 2.60. The third-order valence-corrected chi connectivity index (χ3v) is 7.80. The molecular formula is C23H20Cl2N2OS. The summed E-state index contributed by atoms with van der Waals surface area (Å²) in [5.74, 6) is 0.325. The Labute approximate surface area is 185 Å². The van der Waals surface area contributed by atoms with Crippen LogP contribution in [-0.2, 0) is 10.5 Å². The summed E-state index contributed by atoms with van der Waals surface area (Å²) < 4.78 is -1.60. The maximum absolute atomic E-state index is 13.1. The van der Waals surface area contributed by atoms with Crippen LogP contribution in [0.5, 0.6) is 0 Å². The number of benzene rings is 3. The molecular weight excluding hydrogens is 423 g/mol. The van der Waals surface area contributed by atoms with E-state index in [0.29, 0.717) is 5.75 Å². The van der Waals surface area contributed by atoms with Crippen LogP contribution in [0, 0.1) is 0 Å². The van der Waals surface area contributed by atoms with E-state index in [2.05, 4.69) is 12.1 Å². The van der Waals surface area contributed by atoms with Crippen LogP contribution in [0.15, 0.2) is 91.0 Å². The number of para-hydroxylation sites is 2. The topological polar surface area (TPSA) is 23.6 Å². The van der Waals surface area contributed by atoms with Gasteiger partial charge in [0.2, 0.25) is 9.33 Å². The van der Waals surface area contributed by atoms with Gasteiger partial charge in [-0.2, -0.15) is 0 Å². The number of halogens is 2. The molecule has 3 nitrogen and oxygen atoms in total. The minimum atomic E-state index is -1.60. The van der Waals surface area contributed by atoms with E-state index < -0.39 is 9.33 Å². The van der Waals surface area contributed by atoms with Crippen LogP contribution in [0.3, 0.4) is 0 Å². The Morgan fingerprint density at radius 3 is 1.97 bits per heavy atom. The average Bonchev–Trinajstić information content (AvgIpc) is 2.77. The number of nitrogens with zero attached hydrogens (tertiary/aromatic N) is 2. The molecule has 4 rings (SSSR count). The van der Waals surface area contributed by atoms with Crippen LogP contribution in [0.4, 0.5) is 11.4 Å². The molecule has 29 heavy (non-hydrogen) atoms. The Hall–Kier alpha value is -2.14. The molecule has 1 aliphatic rings. The van der Waals surface area contributed by atoms with Gasteiger partial charge in [-0.15, -0.1) is 11.8 Å². The van der Waals surface area contributed by atoms with Gasteiger partial charge in [0.25, 0.3) is 5.91 Å². The number of rotatable bonds is 6. The van der Waals surface area contributed by atoms with Crippen LogP contribution in [0.25, 0.3) is 0 Å². The van der Waals surface area contributed by atoms with Crippen molar-refractivity contribution in [3.63, 3.8) is 0 Å². The van der Waals surface area contributed by atoms with Crippen molar-refractivity contribution in [1.29, 1.82) is 0 Å². The summed E-state index contributed by atoms with van der Waals surface area (Å²) >= 11 is 15.0. The standard InChI is InChI=1S/C23H20Cl2N2OS/c1-26(19-13-7-3-8-14-19)23(29-17-18-11-5-2-6-12-18)22(24,25)21(28)27(23)20-15-9-4-10-16-20/h2-16H,17H2,1H3. The first-order valence-corrected chi connectivity index (χ1v) is 11.0. The van der Waals surface area contributed by atoms with Gasteiger partial charge in [-0.05, 0) is 29.8 Å². The van der Waals surface area contributed by atoms with Crippen molar-refractivity contribution in [2.45, 2.75) is 15.1 Å². The summed E-state index contributed by atoms with van der Waals surface area (Å²) in [6, 6.07) is 29.5. The van der Waals surface area contributed by atoms with Gasteiger partial charge in [-0.1, -0.05) is 89.9 Å². The van der Waals surface area contributed by atoms with Crippen molar-refractivity contribution in [2.24, 2.45) is 0 Å². The van der Waals surface area contributed by atoms with Gasteiger partial charge in [0.05, 0.1) is 0 Å². The van der Waals surface area contributed by atoms with E-state index in [1.54, 1.807) is 16.7 Å². The van der Waals surface area contributed by atoms with Crippen molar-refractivity contribution in [3.05, 3.63) is 96.6 Å². The monoisotopic (exact) mass is 442 g/mol. The van der Waals surface area contributed by atoms with Crippen molar-refractivity contribution in [3.8, 4) is 0 Å². The molecule has 0 saturated carbocycles. The van der Waals surface area contributed by atoms with E-state index in [0.717, 1.165) is 16.9 Å². The first-order valence-electron chi connectivity index (χ1n) is 9.23. The predicted molar refractivity (Wildman–Crippen MR) is 124 cm³/mol. The van der Waals surface area contributed by atoms with E-state index in [4.69, 9.17) is 23.2 Å². The molecule has 3 aromatic rings. The highest BCUT2D eigenvalue weighted by molar-refractivity contribution is 8.00. The molecule has 1 atom stereocenters. The van der Waals surface area contributed by atoms with Gasteiger partial charge in [0, 0.05) is 24.2 Å². The van der Waals surface area contributed by atoms with Gasteiger partial charge in [0.15, 0.2) is 0 Å². The minimum absolute atomic E-state index is 0.324. The van der Waals surface area contributed by atoms with Gasteiger partial charge in [-0.3, -0.25) is 9.69 Å².